The lowest BCUT2D eigenvalue weighted by molar-refractivity contribution is -0.219. The van der Waals surface area contributed by atoms with Crippen LogP contribution >= 0.6 is 0 Å². The molecule has 0 radical (unpaired) electrons. The number of hydrogen-bond acceptors (Lipinski definition) is 9. The first-order valence-electron chi connectivity index (χ1n) is 16.2. The standard InChI is InChI=1S/C34H41F4N7O5S/c1-32(2,3)50-31(46)40-17-11-7-6-8-12-23-13-9-10-14-25(23)29-30(45-19-16-28(43-45)49-22-33(4,5)34(36,37)38)41-21-27(42-29)44-51(47,48)24-15-18-39-26(35)20-24/h9-10,13-16,18-21H,6-8,11-12,17,22H2,1-5H3,(H,40,46)(H,42,44). The second-order valence-electron chi connectivity index (χ2n) is 13.4. The molecule has 0 spiro atoms. The zero-order valence-electron chi connectivity index (χ0n) is 28.9. The van der Waals surface area contributed by atoms with Gasteiger partial charge in [0, 0.05) is 36.6 Å². The molecule has 4 rings (SSSR count). The van der Waals surface area contributed by atoms with E-state index in [1.165, 1.54) is 16.9 Å². The van der Waals surface area contributed by atoms with Gasteiger partial charge in [-0.25, -0.2) is 32.8 Å². The topological polar surface area (TPSA) is 150 Å². The third-order valence-electron chi connectivity index (χ3n) is 7.44. The average molecular weight is 736 g/mol. The maximum atomic E-state index is 13.7. The van der Waals surface area contributed by atoms with Gasteiger partial charge in [0.05, 0.1) is 16.5 Å². The quantitative estimate of drug-likeness (QED) is 0.0731. The Balaban J connectivity index is 1.57. The highest BCUT2D eigenvalue weighted by molar-refractivity contribution is 7.92. The summed E-state index contributed by atoms with van der Waals surface area (Å²) in [5.74, 6) is -1.09. The number of nitrogens with one attached hydrogen (secondary N) is 2. The van der Waals surface area contributed by atoms with Crippen LogP contribution in [0, 0.1) is 11.4 Å². The molecule has 0 unspecified atom stereocenters. The van der Waals surface area contributed by atoms with Gasteiger partial charge < -0.3 is 14.8 Å². The minimum atomic E-state index is -4.50. The average Bonchev–Trinajstić information content (AvgIpc) is 3.51. The predicted octanol–water partition coefficient (Wildman–Crippen LogP) is 7.26. The van der Waals surface area contributed by atoms with Crippen molar-refractivity contribution in [3.05, 3.63) is 72.6 Å². The van der Waals surface area contributed by atoms with E-state index >= 15 is 0 Å². The smallest absolute Gasteiger partial charge is 0.407 e. The van der Waals surface area contributed by atoms with Gasteiger partial charge in [-0.15, -0.1) is 5.10 Å². The van der Waals surface area contributed by atoms with E-state index < -0.39 is 45.9 Å². The molecule has 0 aliphatic heterocycles. The Bertz CT molecular complexity index is 1910. The Kier molecular flexibility index (Phi) is 12.3. The Hall–Kier alpha value is -4.80. The van der Waals surface area contributed by atoms with Gasteiger partial charge in [-0.05, 0) is 65.5 Å². The van der Waals surface area contributed by atoms with Crippen LogP contribution in [0.5, 0.6) is 5.88 Å². The first kappa shape index (κ1) is 39.0. The number of carbonyl (C=O) groups is 1. The second-order valence-corrected chi connectivity index (χ2v) is 15.0. The van der Waals surface area contributed by atoms with Crippen molar-refractivity contribution in [3.63, 3.8) is 0 Å². The van der Waals surface area contributed by atoms with Crippen molar-refractivity contribution in [3.8, 4) is 23.0 Å². The fourth-order valence-corrected chi connectivity index (χ4v) is 5.62. The van der Waals surface area contributed by atoms with Crippen molar-refractivity contribution in [2.45, 2.75) is 83.4 Å². The summed E-state index contributed by atoms with van der Waals surface area (Å²) in [6.07, 6.45) is 2.49. The molecular weight excluding hydrogens is 694 g/mol. The lowest BCUT2D eigenvalue weighted by atomic mass is 9.94. The molecule has 0 fully saturated rings. The maximum absolute atomic E-state index is 13.7. The molecule has 4 aromatic rings. The number of ether oxygens (including phenoxy) is 2. The number of sulfonamides is 1. The molecule has 0 bridgehead atoms. The number of nitrogens with zero attached hydrogens (tertiary/aromatic N) is 5. The zero-order valence-corrected chi connectivity index (χ0v) is 29.7. The molecular formula is C34H41F4N7O5S. The minimum absolute atomic E-state index is 0.0842. The van der Waals surface area contributed by atoms with Gasteiger partial charge in [-0.3, -0.25) is 4.72 Å². The third-order valence-corrected chi connectivity index (χ3v) is 8.80. The van der Waals surface area contributed by atoms with Gasteiger partial charge in [-0.1, -0.05) is 37.1 Å². The number of rotatable bonds is 15. The summed E-state index contributed by atoms with van der Waals surface area (Å²) in [7, 11) is -4.29. The molecule has 0 atom stereocenters. The second kappa shape index (κ2) is 16.0. The number of halogens is 4. The van der Waals surface area contributed by atoms with Gasteiger partial charge in [0.15, 0.2) is 11.6 Å². The van der Waals surface area contributed by atoms with Crippen molar-refractivity contribution >= 4 is 21.9 Å². The largest absolute Gasteiger partial charge is 0.476 e. The van der Waals surface area contributed by atoms with Crippen LogP contribution in [-0.4, -0.2) is 64.2 Å². The molecule has 51 heavy (non-hydrogen) atoms. The van der Waals surface area contributed by atoms with Crippen molar-refractivity contribution in [1.82, 2.24) is 30.0 Å². The SMILES string of the molecule is CC(C)(C)OC(=O)NCCCCCCc1ccccc1-c1nc(NS(=O)(=O)c2ccnc(F)c2)cnc1-n1ccc(OCC(C)(C)C(F)(F)F)n1. The molecule has 0 aliphatic carbocycles. The summed E-state index contributed by atoms with van der Waals surface area (Å²) in [5, 5.41) is 7.02. The third kappa shape index (κ3) is 11.1. The summed E-state index contributed by atoms with van der Waals surface area (Å²) in [4.78, 5) is 23.9. The van der Waals surface area contributed by atoms with Crippen LogP contribution in [0.1, 0.15) is 65.9 Å². The summed E-state index contributed by atoms with van der Waals surface area (Å²) < 4.78 is 94.3. The highest BCUT2D eigenvalue weighted by atomic mass is 32.2. The molecule has 3 aromatic heterocycles. The molecule has 12 nitrogen and oxygen atoms in total. The van der Waals surface area contributed by atoms with Crippen molar-refractivity contribution < 1.29 is 40.2 Å². The van der Waals surface area contributed by atoms with E-state index in [1.54, 1.807) is 32.9 Å². The molecule has 2 N–H and O–H groups in total. The van der Waals surface area contributed by atoms with E-state index in [-0.39, 0.29) is 28.1 Å². The van der Waals surface area contributed by atoms with Crippen LogP contribution in [0.25, 0.3) is 17.1 Å². The normalized spacial score (nSPS) is 12.4. The number of benzene rings is 1. The molecule has 0 saturated heterocycles. The summed E-state index contributed by atoms with van der Waals surface area (Å²) in [6.45, 7) is 7.22. The van der Waals surface area contributed by atoms with Gasteiger partial charge >= 0.3 is 12.3 Å². The van der Waals surface area contributed by atoms with Crippen LogP contribution < -0.4 is 14.8 Å². The summed E-state index contributed by atoms with van der Waals surface area (Å²) in [6, 6.07) is 10.6. The number of unbranched alkanes of at least 4 members (excludes halogenated alkanes) is 3. The lowest BCUT2D eigenvalue weighted by Gasteiger charge is -2.26. The van der Waals surface area contributed by atoms with Crippen molar-refractivity contribution in [2.75, 3.05) is 17.9 Å². The van der Waals surface area contributed by atoms with Crippen molar-refractivity contribution in [1.29, 1.82) is 0 Å². The van der Waals surface area contributed by atoms with Gasteiger partial charge in [-0.2, -0.15) is 17.6 Å². The zero-order chi connectivity index (χ0) is 37.5. The molecule has 1 aromatic carbocycles. The Morgan fingerprint density at radius 1 is 0.961 bits per heavy atom. The predicted molar refractivity (Wildman–Crippen MR) is 181 cm³/mol. The van der Waals surface area contributed by atoms with E-state index in [4.69, 9.17) is 9.47 Å². The number of alkyl halides is 3. The lowest BCUT2D eigenvalue weighted by Crippen LogP contribution is -2.37. The first-order chi connectivity index (χ1) is 23.8. The first-order valence-corrected chi connectivity index (χ1v) is 17.7. The van der Waals surface area contributed by atoms with Crippen molar-refractivity contribution in [2.24, 2.45) is 5.41 Å². The van der Waals surface area contributed by atoms with E-state index in [2.05, 4.69) is 30.1 Å². The molecule has 0 aliphatic rings. The van der Waals surface area contributed by atoms with Gasteiger partial charge in [0.1, 0.15) is 17.9 Å². The van der Waals surface area contributed by atoms with Gasteiger partial charge in [0.25, 0.3) is 10.0 Å². The Labute approximate surface area is 294 Å². The summed E-state index contributed by atoms with van der Waals surface area (Å²) >= 11 is 0. The highest BCUT2D eigenvalue weighted by Crippen LogP contribution is 2.38. The van der Waals surface area contributed by atoms with E-state index in [1.807, 2.05) is 12.1 Å². The molecule has 0 saturated carbocycles. The number of pyridine rings is 1. The Morgan fingerprint density at radius 2 is 1.69 bits per heavy atom. The summed E-state index contributed by atoms with van der Waals surface area (Å²) in [5.41, 5.74) is -1.01. The van der Waals surface area contributed by atoms with Crippen LogP contribution in [0.2, 0.25) is 0 Å². The van der Waals surface area contributed by atoms with Crippen LogP contribution in [0.3, 0.4) is 0 Å². The maximum Gasteiger partial charge on any atom is 0.407 e. The number of hydrogen-bond donors (Lipinski definition) is 2. The molecule has 3 heterocycles. The van der Waals surface area contributed by atoms with E-state index in [9.17, 15) is 30.8 Å². The van der Waals surface area contributed by atoms with E-state index in [0.717, 1.165) is 69.6 Å². The minimum Gasteiger partial charge on any atom is -0.476 e. The number of aromatic nitrogens is 5. The molecule has 1 amide bonds. The fraction of sp³-hybridized carbons (Fsp3) is 0.441. The number of alkyl carbamates (subject to hydrolysis) is 1. The van der Waals surface area contributed by atoms with Crippen LogP contribution in [-0.2, 0) is 21.2 Å². The highest BCUT2D eigenvalue weighted by Gasteiger charge is 2.48. The Morgan fingerprint density at radius 3 is 2.39 bits per heavy atom. The number of amides is 1. The van der Waals surface area contributed by atoms with Crippen LogP contribution in [0.15, 0.2) is 66.0 Å². The number of anilines is 1. The molecule has 17 heteroatoms. The van der Waals surface area contributed by atoms with Crippen LogP contribution in [0.4, 0.5) is 28.2 Å². The fourth-order valence-electron chi connectivity index (χ4n) is 4.64. The monoisotopic (exact) mass is 735 g/mol. The van der Waals surface area contributed by atoms with Gasteiger partial charge in [0.2, 0.25) is 11.8 Å². The van der Waals surface area contributed by atoms with E-state index in [0.29, 0.717) is 18.5 Å². The number of aryl methyl sites for hydroxylation is 1. The number of carbonyl (C=O) groups excluding carboxylic acids is 1. The molecule has 276 valence electrons.